The zero-order valence-corrected chi connectivity index (χ0v) is 19.6. The van der Waals surface area contributed by atoms with Crippen LogP contribution in [0.5, 0.6) is 0 Å². The van der Waals surface area contributed by atoms with E-state index < -0.39 is 53.7 Å². The smallest absolute Gasteiger partial charge is 0.286 e. The average molecular weight is 493 g/mol. The molecule has 4 atom stereocenters. The van der Waals surface area contributed by atoms with Crippen molar-refractivity contribution in [2.75, 3.05) is 13.2 Å². The largest absolute Gasteiger partial charge is 0.598 e. The Morgan fingerprint density at radius 1 is 1.24 bits per heavy atom. The lowest BCUT2D eigenvalue weighted by Crippen LogP contribution is -2.54. The minimum Gasteiger partial charge on any atom is -0.598 e. The maximum atomic E-state index is 15.6. The minimum absolute atomic E-state index is 0.126. The molecule has 5 rings (SSSR count). The number of halogens is 3. The molecule has 2 aromatic carbocycles. The summed E-state index contributed by atoms with van der Waals surface area (Å²) in [5, 5.41) is -0.155. The number of aryl methyl sites for hydroxylation is 1. The Morgan fingerprint density at radius 2 is 1.97 bits per heavy atom. The molecule has 3 fully saturated rings. The molecule has 1 N–H and O–H groups in total. The van der Waals surface area contributed by atoms with Crippen molar-refractivity contribution in [2.24, 2.45) is 0 Å². The van der Waals surface area contributed by atoms with Crippen LogP contribution in [-0.4, -0.2) is 57.9 Å². The van der Waals surface area contributed by atoms with Gasteiger partial charge in [-0.15, -0.1) is 4.72 Å². The van der Waals surface area contributed by atoms with Crippen LogP contribution in [0.1, 0.15) is 30.4 Å². The number of ether oxygens (including phenoxy) is 1. The van der Waals surface area contributed by atoms with Crippen molar-refractivity contribution >= 4 is 17.3 Å². The number of carbonyl (C=O) groups is 1. The van der Waals surface area contributed by atoms with Crippen molar-refractivity contribution in [3.63, 3.8) is 0 Å². The Bertz CT molecular complexity index is 1080. The van der Waals surface area contributed by atoms with Gasteiger partial charge in [-0.25, -0.2) is 13.2 Å². The van der Waals surface area contributed by atoms with Crippen LogP contribution in [0.2, 0.25) is 0 Å². The van der Waals surface area contributed by atoms with Gasteiger partial charge >= 0.3 is 0 Å². The fourth-order valence-electron chi connectivity index (χ4n) is 4.66. The SMILES string of the molecule is Cc1cccc(-c2cccc(C[C@H]3[C@@H](N[S+]([O-])C4CC4)C(F)(F)CN3C(=O)C3CCO3)c2F)c1. The summed E-state index contributed by atoms with van der Waals surface area (Å²) in [7, 11) is 0. The first-order chi connectivity index (χ1) is 16.2. The lowest BCUT2D eigenvalue weighted by Gasteiger charge is -2.34. The van der Waals surface area contributed by atoms with E-state index in [0.29, 0.717) is 37.0 Å². The van der Waals surface area contributed by atoms with Gasteiger partial charge in [-0.05, 0) is 24.5 Å². The third-order valence-electron chi connectivity index (χ3n) is 6.79. The van der Waals surface area contributed by atoms with Crippen molar-refractivity contribution in [3.8, 4) is 11.1 Å². The Morgan fingerprint density at radius 3 is 2.62 bits per heavy atom. The van der Waals surface area contributed by atoms with E-state index in [9.17, 15) is 9.35 Å². The molecule has 5 nitrogen and oxygen atoms in total. The minimum atomic E-state index is -3.31. The molecule has 1 amide bonds. The van der Waals surface area contributed by atoms with E-state index in [4.69, 9.17) is 4.74 Å². The summed E-state index contributed by atoms with van der Waals surface area (Å²) in [6, 6.07) is 9.70. The zero-order chi connectivity index (χ0) is 24.0. The molecule has 2 aromatic rings. The molecule has 0 spiro atoms. The summed E-state index contributed by atoms with van der Waals surface area (Å²) in [5.41, 5.74) is 2.27. The lowest BCUT2D eigenvalue weighted by atomic mass is 9.94. The van der Waals surface area contributed by atoms with Crippen molar-refractivity contribution < 1.29 is 27.3 Å². The van der Waals surface area contributed by atoms with E-state index >= 15 is 13.2 Å². The Balaban J connectivity index is 1.47. The predicted molar refractivity (Wildman–Crippen MR) is 123 cm³/mol. The fourth-order valence-corrected chi connectivity index (χ4v) is 5.99. The Labute approximate surface area is 200 Å². The maximum absolute atomic E-state index is 15.6. The number of nitrogens with zero attached hydrogens (tertiary/aromatic N) is 1. The highest BCUT2D eigenvalue weighted by atomic mass is 32.2. The van der Waals surface area contributed by atoms with Crippen LogP contribution in [0.4, 0.5) is 13.2 Å². The Kier molecular flexibility index (Phi) is 6.39. The van der Waals surface area contributed by atoms with Gasteiger partial charge in [0.2, 0.25) is 0 Å². The van der Waals surface area contributed by atoms with Gasteiger partial charge in [0, 0.05) is 36.2 Å². The molecular formula is C25H27F3N2O3S. The second kappa shape index (κ2) is 9.18. The Hall–Kier alpha value is -2.07. The molecule has 2 heterocycles. The van der Waals surface area contributed by atoms with Crippen molar-refractivity contribution in [1.82, 2.24) is 9.62 Å². The molecular weight excluding hydrogens is 465 g/mol. The van der Waals surface area contributed by atoms with E-state index in [1.807, 2.05) is 25.1 Å². The molecule has 2 unspecified atom stereocenters. The van der Waals surface area contributed by atoms with Crippen molar-refractivity contribution in [1.29, 1.82) is 0 Å². The molecule has 34 heavy (non-hydrogen) atoms. The van der Waals surface area contributed by atoms with Gasteiger partial charge in [0.15, 0.2) is 0 Å². The molecule has 182 valence electrons. The number of likely N-dealkylation sites (tertiary alicyclic amines) is 1. The van der Waals surface area contributed by atoms with Gasteiger partial charge in [0.1, 0.15) is 23.2 Å². The highest BCUT2D eigenvalue weighted by Gasteiger charge is 2.59. The third kappa shape index (κ3) is 4.58. The van der Waals surface area contributed by atoms with Crippen molar-refractivity contribution in [2.45, 2.75) is 62.0 Å². The number of benzene rings is 2. The molecule has 1 saturated carbocycles. The molecule has 0 radical (unpaired) electrons. The number of amides is 1. The molecule has 3 aliphatic rings. The van der Waals surface area contributed by atoms with E-state index in [1.165, 1.54) is 0 Å². The second-order valence-corrected chi connectivity index (χ2v) is 10.9. The lowest BCUT2D eigenvalue weighted by molar-refractivity contribution is -0.158. The summed E-state index contributed by atoms with van der Waals surface area (Å²) in [6.07, 6.45) is 1.02. The van der Waals surface area contributed by atoms with Crippen LogP contribution >= 0.6 is 0 Å². The standard InChI is InChI=1S/C25H27F3N2O3S/c1-15-4-2-5-16(12-15)19-7-3-6-17(22(19)26)13-20-23(29-34(32)18-8-9-18)25(27,28)14-30(20)24(31)21-10-11-33-21/h2-7,12,18,20-21,23,29H,8-11,13-14H2,1H3/t20-,21?,23+,34?/m0/s1. The van der Waals surface area contributed by atoms with Crippen LogP contribution in [0.25, 0.3) is 11.1 Å². The van der Waals surface area contributed by atoms with Crippen LogP contribution in [-0.2, 0) is 27.3 Å². The number of nitrogens with one attached hydrogen (secondary N) is 1. The quantitative estimate of drug-likeness (QED) is 0.598. The van der Waals surface area contributed by atoms with Gasteiger partial charge in [-0.3, -0.25) is 4.79 Å². The first-order valence-corrected chi connectivity index (χ1v) is 12.8. The predicted octanol–water partition coefficient (Wildman–Crippen LogP) is 3.76. The van der Waals surface area contributed by atoms with E-state index in [2.05, 4.69) is 4.72 Å². The zero-order valence-electron chi connectivity index (χ0n) is 18.8. The molecule has 2 aliphatic heterocycles. The number of carbonyl (C=O) groups excluding carboxylic acids is 1. The van der Waals surface area contributed by atoms with E-state index in [1.54, 1.807) is 24.3 Å². The first-order valence-electron chi connectivity index (χ1n) is 11.6. The average Bonchev–Trinajstić information content (AvgIpc) is 3.56. The van der Waals surface area contributed by atoms with Crippen LogP contribution in [0, 0.1) is 12.7 Å². The monoisotopic (exact) mass is 492 g/mol. The summed E-state index contributed by atoms with van der Waals surface area (Å²) in [5.74, 6) is -4.33. The molecule has 2 saturated heterocycles. The van der Waals surface area contributed by atoms with Crippen LogP contribution in [0.3, 0.4) is 0 Å². The second-order valence-electron chi connectivity index (χ2n) is 9.39. The summed E-state index contributed by atoms with van der Waals surface area (Å²) in [6.45, 7) is 1.51. The fraction of sp³-hybridized carbons (Fsp3) is 0.480. The van der Waals surface area contributed by atoms with E-state index in [-0.39, 0.29) is 17.2 Å². The number of alkyl halides is 2. The van der Waals surface area contributed by atoms with Gasteiger partial charge < -0.3 is 14.2 Å². The molecule has 0 bridgehead atoms. The number of hydrogen-bond acceptors (Lipinski definition) is 4. The van der Waals surface area contributed by atoms with Crippen LogP contribution < -0.4 is 4.72 Å². The topological polar surface area (TPSA) is 64.6 Å². The number of hydrogen-bond donors (Lipinski definition) is 1. The van der Waals surface area contributed by atoms with Gasteiger partial charge in [0.25, 0.3) is 11.8 Å². The molecule has 0 aromatic heterocycles. The van der Waals surface area contributed by atoms with Gasteiger partial charge in [0.05, 0.1) is 19.2 Å². The van der Waals surface area contributed by atoms with E-state index in [0.717, 1.165) is 10.5 Å². The summed E-state index contributed by atoms with van der Waals surface area (Å²) < 4.78 is 66.3. The highest BCUT2D eigenvalue weighted by Crippen LogP contribution is 2.39. The van der Waals surface area contributed by atoms with Gasteiger partial charge in [-0.1, -0.05) is 48.0 Å². The number of rotatable bonds is 7. The molecule has 1 aliphatic carbocycles. The summed E-state index contributed by atoms with van der Waals surface area (Å²) >= 11 is -1.64. The van der Waals surface area contributed by atoms with Crippen LogP contribution in [0.15, 0.2) is 42.5 Å². The van der Waals surface area contributed by atoms with Crippen molar-refractivity contribution in [3.05, 3.63) is 59.4 Å². The molecule has 9 heteroatoms. The normalized spacial score (nSPS) is 26.9. The maximum Gasteiger partial charge on any atom is 0.286 e. The first kappa shape index (κ1) is 23.7. The third-order valence-corrected chi connectivity index (χ3v) is 8.35. The van der Waals surface area contributed by atoms with Gasteiger partial charge in [-0.2, -0.15) is 0 Å². The summed E-state index contributed by atoms with van der Waals surface area (Å²) in [4.78, 5) is 14.1. The highest BCUT2D eigenvalue weighted by molar-refractivity contribution is 7.90.